The Balaban J connectivity index is 2.86. The maximum atomic E-state index is 9.05. The molecule has 56 valence electrons. The van der Waals surface area contributed by atoms with Gasteiger partial charge in [0.1, 0.15) is 12.1 Å². The van der Waals surface area contributed by atoms with E-state index in [1.807, 2.05) is 0 Å². The highest BCUT2D eigenvalue weighted by Crippen LogP contribution is 2.18. The molecule has 4 heteroatoms. The lowest BCUT2D eigenvalue weighted by Crippen LogP contribution is -1.74. The number of benzene rings is 1. The van der Waals surface area contributed by atoms with Crippen LogP contribution in [0.2, 0.25) is 0 Å². The minimum Gasteiger partial charge on any atom is -0.508 e. The zero-order valence-corrected chi connectivity index (χ0v) is 6.28. The number of phenols is 1. The summed E-state index contributed by atoms with van der Waals surface area (Å²) in [4.78, 5) is 3.95. The number of phenolic OH excluding ortho intramolecular Hbond substituents is 1. The van der Waals surface area contributed by atoms with Crippen molar-refractivity contribution in [2.75, 3.05) is 0 Å². The molecule has 0 unspecified atom stereocenters. The van der Waals surface area contributed by atoms with Crippen molar-refractivity contribution in [1.29, 1.82) is 0 Å². The van der Waals surface area contributed by atoms with Gasteiger partial charge in [-0.1, -0.05) is 0 Å². The number of nitrogens with zero attached hydrogens (tertiary/aromatic N) is 2. The van der Waals surface area contributed by atoms with Crippen LogP contribution >= 0.6 is 11.8 Å². The van der Waals surface area contributed by atoms with Gasteiger partial charge in [-0.2, -0.15) is 0 Å². The summed E-state index contributed by atoms with van der Waals surface area (Å²) in [6, 6.07) is 4.85. The quantitative estimate of drug-likeness (QED) is 0.651. The van der Waals surface area contributed by atoms with Crippen LogP contribution in [0.1, 0.15) is 0 Å². The molecule has 0 spiro atoms. The van der Waals surface area contributed by atoms with Crippen LogP contribution in [0.4, 0.5) is 0 Å². The lowest BCUT2D eigenvalue weighted by atomic mass is 10.3. The number of hydrogen-bond acceptors (Lipinski definition) is 2. The van der Waals surface area contributed by atoms with Gasteiger partial charge in [0, 0.05) is 17.8 Å². The first kappa shape index (κ1) is 6.49. The second-order valence-corrected chi connectivity index (χ2v) is 2.59. The van der Waals surface area contributed by atoms with Crippen LogP contribution in [-0.4, -0.2) is 14.2 Å². The summed E-state index contributed by atoms with van der Waals surface area (Å²) in [5.74, 6) is 0.202. The van der Waals surface area contributed by atoms with E-state index in [1.54, 1.807) is 18.2 Å². The number of hydrogen-bond donors (Lipinski definition) is 1. The molecule has 0 atom stereocenters. The molecule has 0 radical (unpaired) electrons. The van der Waals surface area contributed by atoms with Gasteiger partial charge in [-0.3, -0.25) is 0 Å². The highest BCUT2D eigenvalue weighted by molar-refractivity contribution is 6.18. The molecule has 1 N–H and O–H groups in total. The van der Waals surface area contributed by atoms with Crippen molar-refractivity contribution in [3.05, 3.63) is 24.5 Å². The summed E-state index contributed by atoms with van der Waals surface area (Å²) in [6.45, 7) is 0. The van der Waals surface area contributed by atoms with Gasteiger partial charge in [0.15, 0.2) is 0 Å². The molecule has 0 saturated carbocycles. The third kappa shape index (κ3) is 0.935. The van der Waals surface area contributed by atoms with Crippen LogP contribution in [0, 0.1) is 0 Å². The Morgan fingerprint density at radius 1 is 1.45 bits per heavy atom. The number of aromatic nitrogens is 2. The molecule has 2 aromatic rings. The molecule has 0 bridgehead atoms. The molecular weight excluding hydrogens is 164 g/mol. The van der Waals surface area contributed by atoms with E-state index in [0.717, 1.165) is 5.52 Å². The second kappa shape index (κ2) is 2.13. The Labute approximate surface area is 68.0 Å². The maximum Gasteiger partial charge on any atom is 0.117 e. The van der Waals surface area contributed by atoms with Gasteiger partial charge in [0.25, 0.3) is 0 Å². The van der Waals surface area contributed by atoms with Gasteiger partial charge in [0.05, 0.1) is 11.0 Å². The number of halogens is 1. The highest BCUT2D eigenvalue weighted by atomic mass is 35.5. The molecule has 3 nitrogen and oxygen atoms in total. The van der Waals surface area contributed by atoms with E-state index in [2.05, 4.69) is 4.98 Å². The molecule has 1 heterocycles. The summed E-state index contributed by atoms with van der Waals surface area (Å²) < 4.78 is 1.38. The number of rotatable bonds is 0. The normalized spacial score (nSPS) is 10.6. The number of aromatic hydroxyl groups is 1. The monoisotopic (exact) mass is 168 g/mol. The van der Waals surface area contributed by atoms with Gasteiger partial charge in [-0.25, -0.2) is 9.07 Å². The fourth-order valence-corrected chi connectivity index (χ4v) is 1.16. The molecular formula is C7H5ClN2O. The smallest absolute Gasteiger partial charge is 0.117 e. The standard InChI is InChI=1S/C7H5ClN2O/c8-10-4-9-6-3-5(11)1-2-7(6)10/h1-4,11H. The molecule has 0 aliphatic heterocycles. The molecule has 0 fully saturated rings. The zero-order valence-electron chi connectivity index (χ0n) is 5.53. The fraction of sp³-hybridized carbons (Fsp3) is 0. The minimum atomic E-state index is 0.202. The second-order valence-electron chi connectivity index (χ2n) is 2.23. The van der Waals surface area contributed by atoms with Gasteiger partial charge < -0.3 is 5.11 Å². The zero-order chi connectivity index (χ0) is 7.84. The molecule has 0 aliphatic rings. The number of fused-ring (bicyclic) bond motifs is 1. The molecule has 0 amide bonds. The predicted molar refractivity (Wildman–Crippen MR) is 42.6 cm³/mol. The molecule has 11 heavy (non-hydrogen) atoms. The SMILES string of the molecule is Oc1ccc2c(c1)ncn2Cl. The van der Waals surface area contributed by atoms with Crippen LogP contribution in [-0.2, 0) is 0 Å². The van der Waals surface area contributed by atoms with Gasteiger partial charge in [0.2, 0.25) is 0 Å². The Kier molecular flexibility index (Phi) is 1.26. The average molecular weight is 169 g/mol. The third-order valence-corrected chi connectivity index (χ3v) is 1.76. The van der Waals surface area contributed by atoms with E-state index in [-0.39, 0.29) is 5.75 Å². The Hall–Kier alpha value is -1.22. The van der Waals surface area contributed by atoms with E-state index in [1.165, 1.54) is 10.4 Å². The topological polar surface area (TPSA) is 38.1 Å². The average Bonchev–Trinajstić information content (AvgIpc) is 2.32. The van der Waals surface area contributed by atoms with E-state index in [9.17, 15) is 0 Å². The third-order valence-electron chi connectivity index (χ3n) is 1.49. The van der Waals surface area contributed by atoms with Gasteiger partial charge in [-0.05, 0) is 12.1 Å². The summed E-state index contributed by atoms with van der Waals surface area (Å²) in [5.41, 5.74) is 1.49. The lowest BCUT2D eigenvalue weighted by molar-refractivity contribution is 0.476. The van der Waals surface area contributed by atoms with Crippen molar-refractivity contribution in [2.24, 2.45) is 0 Å². The van der Waals surface area contributed by atoms with E-state index in [4.69, 9.17) is 16.9 Å². The van der Waals surface area contributed by atoms with Crippen LogP contribution in [0.3, 0.4) is 0 Å². The van der Waals surface area contributed by atoms with Crippen molar-refractivity contribution in [3.63, 3.8) is 0 Å². The van der Waals surface area contributed by atoms with Crippen LogP contribution < -0.4 is 0 Å². The van der Waals surface area contributed by atoms with Gasteiger partial charge >= 0.3 is 0 Å². The predicted octanol–water partition coefficient (Wildman–Crippen LogP) is 1.74. The number of imidazole rings is 1. The van der Waals surface area contributed by atoms with Crippen molar-refractivity contribution < 1.29 is 5.11 Å². The largest absolute Gasteiger partial charge is 0.508 e. The van der Waals surface area contributed by atoms with Gasteiger partial charge in [-0.15, -0.1) is 0 Å². The lowest BCUT2D eigenvalue weighted by Gasteiger charge is -1.91. The summed E-state index contributed by atoms with van der Waals surface area (Å²) in [7, 11) is 0. The van der Waals surface area contributed by atoms with Crippen LogP contribution in [0.25, 0.3) is 11.0 Å². The van der Waals surface area contributed by atoms with Crippen LogP contribution in [0.5, 0.6) is 5.75 Å². The maximum absolute atomic E-state index is 9.05. The van der Waals surface area contributed by atoms with E-state index in [0.29, 0.717) is 5.52 Å². The summed E-state index contributed by atoms with van der Waals surface area (Å²) >= 11 is 5.70. The molecule has 0 saturated heterocycles. The van der Waals surface area contributed by atoms with Crippen LogP contribution in [0.15, 0.2) is 24.5 Å². The first-order valence-electron chi connectivity index (χ1n) is 3.09. The van der Waals surface area contributed by atoms with Crippen molar-refractivity contribution in [3.8, 4) is 5.75 Å². The molecule has 0 aliphatic carbocycles. The summed E-state index contributed by atoms with van der Waals surface area (Å²) in [5, 5.41) is 9.05. The van der Waals surface area contributed by atoms with Crippen molar-refractivity contribution in [2.45, 2.75) is 0 Å². The molecule has 2 rings (SSSR count). The van der Waals surface area contributed by atoms with Crippen molar-refractivity contribution in [1.82, 2.24) is 9.07 Å². The highest BCUT2D eigenvalue weighted by Gasteiger charge is 1.99. The Morgan fingerprint density at radius 2 is 2.27 bits per heavy atom. The minimum absolute atomic E-state index is 0.202. The summed E-state index contributed by atoms with van der Waals surface area (Å²) in [6.07, 6.45) is 1.49. The van der Waals surface area contributed by atoms with E-state index < -0.39 is 0 Å². The first-order valence-corrected chi connectivity index (χ1v) is 3.43. The van der Waals surface area contributed by atoms with Crippen molar-refractivity contribution >= 4 is 22.8 Å². The molecule has 1 aromatic heterocycles. The molecule has 1 aromatic carbocycles. The fourth-order valence-electron chi connectivity index (χ4n) is 0.971. The Bertz CT molecular complexity index is 396. The first-order chi connectivity index (χ1) is 5.27. The Morgan fingerprint density at radius 3 is 3.09 bits per heavy atom. The van der Waals surface area contributed by atoms with E-state index >= 15 is 0 Å².